The monoisotopic (exact) mass is 356 g/mol. The topological polar surface area (TPSA) is 81.0 Å². The van der Waals surface area contributed by atoms with Crippen molar-refractivity contribution in [1.29, 1.82) is 0 Å². The third-order valence-electron chi connectivity index (χ3n) is 3.89. The predicted octanol–water partition coefficient (Wildman–Crippen LogP) is 3.60. The quantitative estimate of drug-likeness (QED) is 0.752. The molecule has 3 aromatic rings. The molecule has 0 bridgehead atoms. The van der Waals surface area contributed by atoms with E-state index in [2.05, 4.69) is 19.9 Å². The number of halogens is 1. The third kappa shape index (κ3) is 3.60. The van der Waals surface area contributed by atoms with Crippen LogP contribution in [-0.2, 0) is 5.60 Å². The minimum Gasteiger partial charge on any atom is -0.437 e. The number of hydrogen-bond donors (Lipinski definition) is 1. The van der Waals surface area contributed by atoms with Crippen LogP contribution >= 0.6 is 11.6 Å². The van der Waals surface area contributed by atoms with Gasteiger partial charge in [-0.3, -0.25) is 4.98 Å². The zero-order valence-electron chi connectivity index (χ0n) is 13.8. The lowest BCUT2D eigenvalue weighted by Crippen LogP contribution is -2.34. The highest BCUT2D eigenvalue weighted by Gasteiger charge is 2.37. The van der Waals surface area contributed by atoms with E-state index in [0.29, 0.717) is 27.9 Å². The van der Waals surface area contributed by atoms with Gasteiger partial charge in [0.15, 0.2) is 0 Å². The fourth-order valence-electron chi connectivity index (χ4n) is 2.48. The van der Waals surface area contributed by atoms with E-state index in [4.69, 9.17) is 16.3 Å². The molecule has 0 aliphatic heterocycles. The van der Waals surface area contributed by atoms with E-state index in [9.17, 15) is 5.11 Å². The van der Waals surface area contributed by atoms with Gasteiger partial charge in [0.05, 0.1) is 16.9 Å². The van der Waals surface area contributed by atoms with Crippen LogP contribution in [0.4, 0.5) is 0 Å². The average molecular weight is 357 g/mol. The molecule has 0 amide bonds. The maximum Gasteiger partial charge on any atom is 0.219 e. The molecule has 0 aliphatic carbocycles. The Balaban J connectivity index is 1.88. The van der Waals surface area contributed by atoms with Gasteiger partial charge >= 0.3 is 0 Å². The molecule has 3 rings (SSSR count). The fourth-order valence-corrected chi connectivity index (χ4v) is 2.59. The molecule has 128 valence electrons. The molecular formula is C18H17ClN4O2. The number of nitrogens with zero attached hydrogens (tertiary/aromatic N) is 4. The lowest BCUT2D eigenvalue weighted by molar-refractivity contribution is 0.0268. The molecule has 0 aliphatic rings. The smallest absolute Gasteiger partial charge is 0.219 e. The molecule has 6 nitrogen and oxygen atoms in total. The molecule has 1 N–H and O–H groups in total. The Morgan fingerprint density at radius 2 is 1.76 bits per heavy atom. The minimum absolute atomic E-state index is 0.129. The van der Waals surface area contributed by atoms with E-state index in [1.54, 1.807) is 42.9 Å². The molecule has 7 heteroatoms. The summed E-state index contributed by atoms with van der Waals surface area (Å²) in [5, 5.41) is 11.8. The van der Waals surface area contributed by atoms with E-state index in [1.165, 1.54) is 12.5 Å². The molecular weight excluding hydrogens is 340 g/mol. The Kier molecular flexibility index (Phi) is 4.92. The molecule has 0 saturated carbocycles. The largest absolute Gasteiger partial charge is 0.437 e. The van der Waals surface area contributed by atoms with Gasteiger partial charge in [-0.2, -0.15) is 0 Å². The second-order valence-electron chi connectivity index (χ2n) is 5.84. The van der Waals surface area contributed by atoms with Crippen molar-refractivity contribution in [1.82, 2.24) is 19.9 Å². The van der Waals surface area contributed by atoms with E-state index < -0.39 is 5.60 Å². The second kappa shape index (κ2) is 7.13. The van der Waals surface area contributed by atoms with Crippen molar-refractivity contribution in [3.8, 4) is 11.6 Å². The summed E-state index contributed by atoms with van der Waals surface area (Å²) in [5.74, 6) is 0.791. The van der Waals surface area contributed by atoms with Crippen LogP contribution in [0.1, 0.15) is 25.1 Å². The van der Waals surface area contributed by atoms with Gasteiger partial charge in [0.25, 0.3) is 0 Å². The summed E-state index contributed by atoms with van der Waals surface area (Å²) in [7, 11) is 0. The van der Waals surface area contributed by atoms with Crippen LogP contribution in [0.25, 0.3) is 0 Å². The number of rotatable bonds is 5. The number of hydrogen-bond acceptors (Lipinski definition) is 6. The summed E-state index contributed by atoms with van der Waals surface area (Å²) >= 11 is 5.81. The van der Waals surface area contributed by atoms with E-state index in [0.717, 1.165) is 0 Å². The van der Waals surface area contributed by atoms with Gasteiger partial charge in [0, 0.05) is 30.2 Å². The highest BCUT2D eigenvalue weighted by atomic mass is 35.5. The zero-order chi connectivity index (χ0) is 17.9. The Morgan fingerprint density at radius 1 is 1.00 bits per heavy atom. The first-order valence-electron chi connectivity index (χ1n) is 7.74. The molecule has 3 heterocycles. The zero-order valence-corrected chi connectivity index (χ0v) is 14.6. The van der Waals surface area contributed by atoms with E-state index >= 15 is 0 Å². The summed E-state index contributed by atoms with van der Waals surface area (Å²) < 4.78 is 5.63. The van der Waals surface area contributed by atoms with Crippen LogP contribution in [-0.4, -0.2) is 25.0 Å². The van der Waals surface area contributed by atoms with Gasteiger partial charge in [-0.1, -0.05) is 25.4 Å². The first-order chi connectivity index (χ1) is 12.0. The SMILES string of the molecule is CC(C)C(O)(c1cncnc1)c1ccc(Oc2ccc(Cl)cn2)cn1. The Labute approximate surface area is 150 Å². The van der Waals surface area contributed by atoms with Crippen LogP contribution in [0.3, 0.4) is 0 Å². The number of aromatic nitrogens is 4. The van der Waals surface area contributed by atoms with Crippen LogP contribution in [0.2, 0.25) is 5.02 Å². The van der Waals surface area contributed by atoms with Gasteiger partial charge < -0.3 is 9.84 Å². The molecule has 1 unspecified atom stereocenters. The van der Waals surface area contributed by atoms with Crippen LogP contribution < -0.4 is 4.74 Å². The van der Waals surface area contributed by atoms with Gasteiger partial charge in [-0.05, 0) is 24.1 Å². The van der Waals surface area contributed by atoms with Crippen molar-refractivity contribution < 1.29 is 9.84 Å². The number of aliphatic hydroxyl groups is 1. The van der Waals surface area contributed by atoms with Crippen molar-refractivity contribution in [3.05, 3.63) is 71.7 Å². The van der Waals surface area contributed by atoms with Gasteiger partial charge in [0.2, 0.25) is 5.88 Å². The van der Waals surface area contributed by atoms with Crippen LogP contribution in [0.15, 0.2) is 55.4 Å². The van der Waals surface area contributed by atoms with E-state index in [-0.39, 0.29) is 5.92 Å². The molecule has 25 heavy (non-hydrogen) atoms. The summed E-state index contributed by atoms with van der Waals surface area (Å²) in [4.78, 5) is 16.4. The molecule has 0 radical (unpaired) electrons. The Morgan fingerprint density at radius 3 is 2.32 bits per heavy atom. The molecule has 1 atom stereocenters. The van der Waals surface area contributed by atoms with Gasteiger partial charge in [-0.15, -0.1) is 0 Å². The van der Waals surface area contributed by atoms with Crippen molar-refractivity contribution in [3.63, 3.8) is 0 Å². The fraction of sp³-hybridized carbons (Fsp3) is 0.222. The second-order valence-corrected chi connectivity index (χ2v) is 6.28. The van der Waals surface area contributed by atoms with Crippen molar-refractivity contribution in [2.75, 3.05) is 0 Å². The minimum atomic E-state index is -1.29. The number of ether oxygens (including phenoxy) is 1. The first-order valence-corrected chi connectivity index (χ1v) is 8.11. The van der Waals surface area contributed by atoms with Crippen LogP contribution in [0, 0.1) is 5.92 Å². The molecule has 0 spiro atoms. The standard InChI is InChI=1S/C18H17ClN4O2/c1-12(2)18(24,13-7-20-11-21-8-13)16-5-4-15(10-22-16)25-17-6-3-14(19)9-23-17/h3-12,24H,1-2H3. The summed E-state index contributed by atoms with van der Waals surface area (Å²) in [6.07, 6.45) is 7.66. The number of pyridine rings is 2. The lowest BCUT2D eigenvalue weighted by Gasteiger charge is -2.31. The maximum absolute atomic E-state index is 11.2. The highest BCUT2D eigenvalue weighted by molar-refractivity contribution is 6.30. The molecule has 0 saturated heterocycles. The summed E-state index contributed by atoms with van der Waals surface area (Å²) in [6.45, 7) is 3.83. The maximum atomic E-state index is 11.2. The van der Waals surface area contributed by atoms with Crippen molar-refractivity contribution >= 4 is 11.6 Å². The van der Waals surface area contributed by atoms with Gasteiger partial charge in [0.1, 0.15) is 17.7 Å². The highest BCUT2D eigenvalue weighted by Crippen LogP contribution is 2.35. The molecule has 0 fully saturated rings. The summed E-state index contributed by atoms with van der Waals surface area (Å²) in [5.41, 5.74) is -0.211. The predicted molar refractivity (Wildman–Crippen MR) is 93.4 cm³/mol. The molecule has 0 aromatic carbocycles. The normalized spacial score (nSPS) is 13.5. The van der Waals surface area contributed by atoms with Gasteiger partial charge in [-0.25, -0.2) is 15.0 Å². The Bertz CT molecular complexity index is 826. The van der Waals surface area contributed by atoms with Crippen LogP contribution in [0.5, 0.6) is 11.6 Å². The van der Waals surface area contributed by atoms with E-state index in [1.807, 2.05) is 13.8 Å². The third-order valence-corrected chi connectivity index (χ3v) is 4.11. The lowest BCUT2D eigenvalue weighted by atomic mass is 9.81. The average Bonchev–Trinajstić information content (AvgIpc) is 2.64. The Hall–Kier alpha value is -2.57. The summed E-state index contributed by atoms with van der Waals surface area (Å²) in [6, 6.07) is 6.81. The first kappa shape index (κ1) is 17.3. The molecule has 3 aromatic heterocycles. The van der Waals surface area contributed by atoms with Crippen molar-refractivity contribution in [2.24, 2.45) is 5.92 Å². The van der Waals surface area contributed by atoms with Crippen molar-refractivity contribution in [2.45, 2.75) is 19.4 Å².